The zero-order valence-corrected chi connectivity index (χ0v) is 16.5. The van der Waals surface area contributed by atoms with Gasteiger partial charge in [-0.2, -0.15) is 10.4 Å². The number of hydrogen-bond donors (Lipinski definition) is 1. The Kier molecular flexibility index (Phi) is 7.17. The molecular formula is C24H21N3O3. The summed E-state index contributed by atoms with van der Waals surface area (Å²) in [6.45, 7) is 2.83. The number of nitriles is 1. The van der Waals surface area contributed by atoms with Crippen molar-refractivity contribution in [3.8, 4) is 17.6 Å². The van der Waals surface area contributed by atoms with E-state index < -0.39 is 0 Å². The fraction of sp³-hybridized carbons (Fsp3) is 0.125. The lowest BCUT2D eigenvalue weighted by molar-refractivity contribution is 0.0955. The lowest BCUT2D eigenvalue weighted by Crippen LogP contribution is -2.17. The van der Waals surface area contributed by atoms with Crippen molar-refractivity contribution in [3.05, 3.63) is 95.1 Å². The zero-order chi connectivity index (χ0) is 21.2. The molecule has 1 amide bonds. The van der Waals surface area contributed by atoms with Crippen LogP contribution in [-0.4, -0.2) is 18.7 Å². The molecule has 150 valence electrons. The fourth-order valence-corrected chi connectivity index (χ4v) is 2.68. The van der Waals surface area contributed by atoms with Gasteiger partial charge in [0.25, 0.3) is 5.91 Å². The Morgan fingerprint density at radius 1 is 1.03 bits per heavy atom. The van der Waals surface area contributed by atoms with Gasteiger partial charge in [-0.1, -0.05) is 24.3 Å². The third kappa shape index (κ3) is 5.94. The van der Waals surface area contributed by atoms with Crippen LogP contribution >= 0.6 is 0 Å². The van der Waals surface area contributed by atoms with Crippen LogP contribution in [0, 0.1) is 11.3 Å². The normalized spacial score (nSPS) is 10.4. The highest BCUT2D eigenvalue weighted by Crippen LogP contribution is 2.15. The van der Waals surface area contributed by atoms with Crippen LogP contribution in [0.3, 0.4) is 0 Å². The molecule has 0 saturated carbocycles. The van der Waals surface area contributed by atoms with E-state index in [1.54, 1.807) is 42.6 Å². The summed E-state index contributed by atoms with van der Waals surface area (Å²) in [6.07, 6.45) is 1.55. The van der Waals surface area contributed by atoms with Gasteiger partial charge in [-0.05, 0) is 66.6 Å². The summed E-state index contributed by atoms with van der Waals surface area (Å²) in [4.78, 5) is 12.2. The van der Waals surface area contributed by atoms with Crippen LogP contribution in [-0.2, 0) is 6.61 Å². The number of benzene rings is 3. The average molecular weight is 399 g/mol. The SMILES string of the molecule is CCOc1ccc(C(=O)N/N=C/c2cccc(OCc3cccc(C#N)c3)c2)cc1. The maximum Gasteiger partial charge on any atom is 0.271 e. The first-order chi connectivity index (χ1) is 14.7. The van der Waals surface area contributed by atoms with Gasteiger partial charge in [-0.25, -0.2) is 5.43 Å². The highest BCUT2D eigenvalue weighted by atomic mass is 16.5. The molecule has 0 aliphatic rings. The van der Waals surface area contributed by atoms with Gasteiger partial charge in [0.2, 0.25) is 0 Å². The van der Waals surface area contributed by atoms with Gasteiger partial charge in [-0.3, -0.25) is 4.79 Å². The molecule has 6 heteroatoms. The molecule has 0 aliphatic carbocycles. The maximum absolute atomic E-state index is 12.2. The Morgan fingerprint density at radius 3 is 2.60 bits per heavy atom. The van der Waals surface area contributed by atoms with E-state index in [2.05, 4.69) is 16.6 Å². The minimum absolute atomic E-state index is 0.306. The quantitative estimate of drug-likeness (QED) is 0.452. The summed E-state index contributed by atoms with van der Waals surface area (Å²) in [5, 5.41) is 13.0. The Bertz CT molecular complexity index is 1070. The van der Waals surface area contributed by atoms with E-state index in [0.717, 1.165) is 11.1 Å². The number of carbonyl (C=O) groups is 1. The van der Waals surface area contributed by atoms with E-state index in [-0.39, 0.29) is 5.91 Å². The van der Waals surface area contributed by atoms with Crippen molar-refractivity contribution in [2.45, 2.75) is 13.5 Å². The second-order valence-electron chi connectivity index (χ2n) is 6.33. The Labute approximate surface area is 175 Å². The first-order valence-corrected chi connectivity index (χ1v) is 9.46. The third-order valence-electron chi connectivity index (χ3n) is 4.13. The van der Waals surface area contributed by atoms with Gasteiger partial charge in [-0.15, -0.1) is 0 Å². The molecular weight excluding hydrogens is 378 g/mol. The standard InChI is InChI=1S/C24H21N3O3/c1-2-29-22-11-9-21(10-12-22)24(28)27-26-16-19-6-4-8-23(14-19)30-17-20-7-3-5-18(13-20)15-25/h3-14,16H,2,17H2,1H3,(H,27,28)/b26-16+. The van der Waals surface area contributed by atoms with Crippen LogP contribution in [0.2, 0.25) is 0 Å². The number of amides is 1. The smallest absolute Gasteiger partial charge is 0.271 e. The minimum Gasteiger partial charge on any atom is -0.494 e. The number of nitrogens with one attached hydrogen (secondary N) is 1. The molecule has 3 aromatic carbocycles. The van der Waals surface area contributed by atoms with Gasteiger partial charge in [0.1, 0.15) is 18.1 Å². The van der Waals surface area contributed by atoms with E-state index in [9.17, 15) is 4.79 Å². The second kappa shape index (κ2) is 10.4. The molecule has 3 rings (SSSR count). The van der Waals surface area contributed by atoms with Crippen molar-refractivity contribution >= 4 is 12.1 Å². The third-order valence-corrected chi connectivity index (χ3v) is 4.13. The van der Waals surface area contributed by atoms with Crippen LogP contribution in [0.4, 0.5) is 0 Å². The van der Waals surface area contributed by atoms with Gasteiger partial charge >= 0.3 is 0 Å². The molecule has 3 aromatic rings. The first kappa shape index (κ1) is 20.6. The second-order valence-corrected chi connectivity index (χ2v) is 6.33. The summed E-state index contributed by atoms with van der Waals surface area (Å²) in [5.74, 6) is 1.08. The molecule has 30 heavy (non-hydrogen) atoms. The molecule has 0 fully saturated rings. The van der Waals surface area contributed by atoms with Crippen molar-refractivity contribution < 1.29 is 14.3 Å². The highest BCUT2D eigenvalue weighted by Gasteiger charge is 2.04. The molecule has 0 saturated heterocycles. The number of hydrazone groups is 1. The summed E-state index contributed by atoms with van der Waals surface area (Å²) in [5.41, 5.74) is 5.29. The molecule has 1 N–H and O–H groups in total. The first-order valence-electron chi connectivity index (χ1n) is 9.46. The fourth-order valence-electron chi connectivity index (χ4n) is 2.68. The molecule has 0 unspecified atom stereocenters. The number of ether oxygens (including phenoxy) is 2. The summed E-state index contributed by atoms with van der Waals surface area (Å²) < 4.78 is 11.2. The monoisotopic (exact) mass is 399 g/mol. The summed E-state index contributed by atoms with van der Waals surface area (Å²) >= 11 is 0. The Morgan fingerprint density at radius 2 is 1.83 bits per heavy atom. The van der Waals surface area contributed by atoms with Crippen molar-refractivity contribution in [3.63, 3.8) is 0 Å². The molecule has 0 radical (unpaired) electrons. The Hall–Kier alpha value is -4.11. The largest absolute Gasteiger partial charge is 0.494 e. The van der Waals surface area contributed by atoms with Crippen LogP contribution in [0.1, 0.15) is 34.0 Å². The number of nitrogens with zero attached hydrogens (tertiary/aromatic N) is 2. The van der Waals surface area contributed by atoms with Gasteiger partial charge in [0.05, 0.1) is 24.5 Å². The van der Waals surface area contributed by atoms with E-state index >= 15 is 0 Å². The van der Waals surface area contributed by atoms with Gasteiger partial charge < -0.3 is 9.47 Å². The maximum atomic E-state index is 12.2. The molecule has 6 nitrogen and oxygen atoms in total. The highest BCUT2D eigenvalue weighted by molar-refractivity contribution is 5.95. The van der Waals surface area contributed by atoms with Crippen LogP contribution in [0.5, 0.6) is 11.5 Å². The average Bonchev–Trinajstić information content (AvgIpc) is 2.79. The lowest BCUT2D eigenvalue weighted by atomic mass is 10.1. The van der Waals surface area contributed by atoms with Gasteiger partial charge in [0.15, 0.2) is 0 Å². The van der Waals surface area contributed by atoms with Crippen molar-refractivity contribution in [2.75, 3.05) is 6.61 Å². The van der Waals surface area contributed by atoms with E-state index in [1.165, 1.54) is 0 Å². The van der Waals surface area contributed by atoms with Crippen molar-refractivity contribution in [1.82, 2.24) is 5.43 Å². The summed E-state index contributed by atoms with van der Waals surface area (Å²) in [7, 11) is 0. The molecule has 0 aliphatic heterocycles. The number of hydrogen-bond acceptors (Lipinski definition) is 5. The van der Waals surface area contributed by atoms with E-state index in [1.807, 2.05) is 43.3 Å². The van der Waals surface area contributed by atoms with Crippen LogP contribution in [0.25, 0.3) is 0 Å². The lowest BCUT2D eigenvalue weighted by Gasteiger charge is -2.07. The predicted octanol–water partition coefficient (Wildman–Crippen LogP) is 4.30. The van der Waals surface area contributed by atoms with Crippen LogP contribution < -0.4 is 14.9 Å². The topological polar surface area (TPSA) is 83.7 Å². The predicted molar refractivity (Wildman–Crippen MR) is 115 cm³/mol. The zero-order valence-electron chi connectivity index (χ0n) is 16.5. The van der Waals surface area contributed by atoms with Gasteiger partial charge in [0, 0.05) is 5.56 Å². The number of rotatable bonds is 8. The molecule has 0 atom stereocenters. The summed E-state index contributed by atoms with van der Waals surface area (Å²) in [6, 6.07) is 23.6. The van der Waals surface area contributed by atoms with E-state index in [4.69, 9.17) is 14.7 Å². The molecule has 0 aromatic heterocycles. The number of carbonyl (C=O) groups excluding carboxylic acids is 1. The van der Waals surface area contributed by atoms with Crippen LogP contribution in [0.15, 0.2) is 77.9 Å². The molecule has 0 spiro atoms. The van der Waals surface area contributed by atoms with E-state index in [0.29, 0.717) is 35.8 Å². The minimum atomic E-state index is -0.306. The molecule has 0 bridgehead atoms. The Balaban J connectivity index is 1.55. The molecule has 0 heterocycles. The van der Waals surface area contributed by atoms with Crippen molar-refractivity contribution in [1.29, 1.82) is 5.26 Å². The van der Waals surface area contributed by atoms with Crippen molar-refractivity contribution in [2.24, 2.45) is 5.10 Å².